The molecule has 0 aliphatic heterocycles. The summed E-state index contributed by atoms with van der Waals surface area (Å²) in [4.78, 5) is 0. The minimum atomic E-state index is 0.475. The lowest BCUT2D eigenvalue weighted by atomic mass is 10.1. The van der Waals surface area contributed by atoms with E-state index in [9.17, 15) is 0 Å². The Bertz CT molecular complexity index is 829. The van der Waals surface area contributed by atoms with Crippen molar-refractivity contribution in [2.24, 2.45) is 5.10 Å². The first-order valence-corrected chi connectivity index (χ1v) is 7.44. The fraction of sp³-hybridized carbons (Fsp3) is 0.188. The van der Waals surface area contributed by atoms with Crippen LogP contribution in [0.3, 0.4) is 0 Å². The second kappa shape index (κ2) is 6.53. The van der Waals surface area contributed by atoms with Crippen LogP contribution in [0.2, 0.25) is 0 Å². The molecule has 0 saturated heterocycles. The van der Waals surface area contributed by atoms with Crippen LogP contribution in [-0.2, 0) is 12.8 Å². The highest BCUT2D eigenvalue weighted by molar-refractivity contribution is 7.71. The van der Waals surface area contributed by atoms with Crippen LogP contribution >= 0.6 is 12.2 Å². The van der Waals surface area contributed by atoms with Gasteiger partial charge in [-0.2, -0.15) is 14.9 Å². The average molecular weight is 312 g/mol. The van der Waals surface area contributed by atoms with Crippen LogP contribution < -0.4 is 0 Å². The first-order chi connectivity index (χ1) is 10.7. The van der Waals surface area contributed by atoms with Crippen molar-refractivity contribution in [2.45, 2.75) is 19.8 Å². The highest BCUT2D eigenvalue weighted by atomic mass is 32.1. The number of nitrogens with zero attached hydrogens (tertiary/aromatic N) is 3. The van der Waals surface area contributed by atoms with Crippen molar-refractivity contribution in [2.75, 3.05) is 0 Å². The number of aromatic amines is 1. The molecule has 0 bridgehead atoms. The molecule has 112 valence electrons. The smallest absolute Gasteiger partial charge is 0.216 e. The monoisotopic (exact) mass is 312 g/mol. The van der Waals surface area contributed by atoms with E-state index in [1.165, 1.54) is 5.56 Å². The number of aryl methyl sites for hydroxylation is 3. The molecule has 1 N–H and O–H groups in total. The molecule has 0 unspecified atom stereocenters. The molecule has 0 atom stereocenters. The maximum absolute atomic E-state index is 5.46. The fourth-order valence-corrected chi connectivity index (χ4v) is 2.34. The Morgan fingerprint density at radius 3 is 2.77 bits per heavy atom. The Labute approximate surface area is 133 Å². The molecule has 3 rings (SSSR count). The number of hydrogen-bond acceptors (Lipinski definition) is 4. The van der Waals surface area contributed by atoms with Crippen LogP contribution in [0.4, 0.5) is 0 Å². The molecule has 22 heavy (non-hydrogen) atoms. The van der Waals surface area contributed by atoms with Gasteiger partial charge in [-0.3, -0.25) is 5.10 Å². The van der Waals surface area contributed by atoms with Crippen molar-refractivity contribution in [3.05, 3.63) is 70.1 Å². The van der Waals surface area contributed by atoms with E-state index < -0.39 is 0 Å². The molecule has 0 aliphatic rings. The van der Waals surface area contributed by atoms with E-state index in [1.54, 1.807) is 10.9 Å². The standard InChI is InChI=1S/C16H16N4OS/c1-12-7-9-14(21-12)11-17-20-15(18-19-16(20)22)10-8-13-5-3-2-4-6-13/h2-7,9,11H,8,10H2,1H3,(H,19,22)/b17-11-. The zero-order valence-electron chi connectivity index (χ0n) is 12.2. The topological polar surface area (TPSA) is 59.1 Å². The molecular weight excluding hydrogens is 296 g/mol. The predicted molar refractivity (Wildman–Crippen MR) is 87.7 cm³/mol. The van der Waals surface area contributed by atoms with Gasteiger partial charge in [0.15, 0.2) is 5.82 Å². The van der Waals surface area contributed by atoms with Gasteiger partial charge in [-0.05, 0) is 43.3 Å². The third-order valence-electron chi connectivity index (χ3n) is 3.26. The van der Waals surface area contributed by atoms with Crippen molar-refractivity contribution >= 4 is 18.4 Å². The summed E-state index contributed by atoms with van der Waals surface area (Å²) in [6, 6.07) is 14.0. The summed E-state index contributed by atoms with van der Waals surface area (Å²) in [6.07, 6.45) is 3.28. The summed E-state index contributed by atoms with van der Waals surface area (Å²) in [7, 11) is 0. The summed E-state index contributed by atoms with van der Waals surface area (Å²) in [6.45, 7) is 1.89. The van der Waals surface area contributed by atoms with Gasteiger partial charge in [0, 0.05) is 6.42 Å². The van der Waals surface area contributed by atoms with E-state index in [-0.39, 0.29) is 0 Å². The van der Waals surface area contributed by atoms with Crippen molar-refractivity contribution in [3.63, 3.8) is 0 Å². The van der Waals surface area contributed by atoms with E-state index in [0.29, 0.717) is 10.5 Å². The molecule has 0 fully saturated rings. The zero-order chi connectivity index (χ0) is 15.4. The molecule has 2 heterocycles. The van der Waals surface area contributed by atoms with Crippen molar-refractivity contribution in [1.82, 2.24) is 14.9 Å². The summed E-state index contributed by atoms with van der Waals surface area (Å²) < 4.78 is 7.57. The Balaban J connectivity index is 1.76. The zero-order valence-corrected chi connectivity index (χ0v) is 13.0. The summed E-state index contributed by atoms with van der Waals surface area (Å²) in [5.74, 6) is 2.34. The number of benzene rings is 1. The Hall–Kier alpha value is -2.47. The fourth-order valence-electron chi connectivity index (χ4n) is 2.14. The van der Waals surface area contributed by atoms with Crippen LogP contribution in [0.5, 0.6) is 0 Å². The quantitative estimate of drug-likeness (QED) is 0.579. The molecule has 0 saturated carbocycles. The molecule has 0 radical (unpaired) electrons. The maximum Gasteiger partial charge on any atom is 0.216 e. The number of H-pyrrole nitrogens is 1. The van der Waals surface area contributed by atoms with Crippen LogP contribution in [0, 0.1) is 11.7 Å². The number of aromatic nitrogens is 3. The number of rotatable bonds is 5. The van der Waals surface area contributed by atoms with Crippen molar-refractivity contribution < 1.29 is 4.42 Å². The molecule has 2 aromatic heterocycles. The molecule has 3 aromatic rings. The van der Waals surface area contributed by atoms with Gasteiger partial charge in [0.25, 0.3) is 0 Å². The Morgan fingerprint density at radius 2 is 2.05 bits per heavy atom. The maximum atomic E-state index is 5.46. The van der Waals surface area contributed by atoms with Gasteiger partial charge in [-0.15, -0.1) is 0 Å². The van der Waals surface area contributed by atoms with Crippen LogP contribution in [-0.4, -0.2) is 21.1 Å². The summed E-state index contributed by atoms with van der Waals surface area (Å²) in [5.41, 5.74) is 1.26. The number of hydrogen-bond donors (Lipinski definition) is 1. The van der Waals surface area contributed by atoms with E-state index >= 15 is 0 Å². The van der Waals surface area contributed by atoms with E-state index in [2.05, 4.69) is 27.4 Å². The lowest BCUT2D eigenvalue weighted by molar-refractivity contribution is 0.527. The van der Waals surface area contributed by atoms with E-state index in [1.807, 2.05) is 37.3 Å². The SMILES string of the molecule is Cc1ccc(/C=N\n2c(CCc3ccccc3)n[nH]c2=S)o1. The third-order valence-corrected chi connectivity index (χ3v) is 3.52. The highest BCUT2D eigenvalue weighted by Crippen LogP contribution is 2.07. The molecule has 0 aliphatic carbocycles. The number of furan rings is 1. The first kappa shape index (κ1) is 14.5. The van der Waals surface area contributed by atoms with Crippen LogP contribution in [0.1, 0.15) is 22.9 Å². The lowest BCUT2D eigenvalue weighted by Crippen LogP contribution is -2.01. The lowest BCUT2D eigenvalue weighted by Gasteiger charge is -2.01. The van der Waals surface area contributed by atoms with E-state index in [0.717, 1.165) is 24.4 Å². The molecule has 6 heteroatoms. The second-order valence-corrected chi connectivity index (χ2v) is 5.32. The first-order valence-electron chi connectivity index (χ1n) is 7.03. The largest absolute Gasteiger partial charge is 0.460 e. The Morgan fingerprint density at radius 1 is 1.23 bits per heavy atom. The van der Waals surface area contributed by atoms with Crippen molar-refractivity contribution in [1.29, 1.82) is 0 Å². The van der Waals surface area contributed by atoms with Gasteiger partial charge in [0.2, 0.25) is 4.77 Å². The van der Waals surface area contributed by atoms with Gasteiger partial charge in [0.1, 0.15) is 11.5 Å². The second-order valence-electron chi connectivity index (χ2n) is 4.94. The minimum absolute atomic E-state index is 0.475. The van der Waals surface area contributed by atoms with E-state index in [4.69, 9.17) is 16.6 Å². The molecule has 5 nitrogen and oxygen atoms in total. The summed E-state index contributed by atoms with van der Waals surface area (Å²) in [5, 5.41) is 11.4. The van der Waals surface area contributed by atoms with Crippen LogP contribution in [0.25, 0.3) is 0 Å². The Kier molecular flexibility index (Phi) is 4.29. The van der Waals surface area contributed by atoms with Gasteiger partial charge in [0.05, 0.1) is 6.21 Å². The van der Waals surface area contributed by atoms with Gasteiger partial charge < -0.3 is 4.42 Å². The molecular formula is C16H16N4OS. The molecule has 0 amide bonds. The normalized spacial score (nSPS) is 11.3. The van der Waals surface area contributed by atoms with Crippen molar-refractivity contribution in [3.8, 4) is 0 Å². The van der Waals surface area contributed by atoms with Crippen LogP contribution in [0.15, 0.2) is 52.0 Å². The highest BCUT2D eigenvalue weighted by Gasteiger charge is 2.05. The van der Waals surface area contributed by atoms with Gasteiger partial charge in [-0.25, -0.2) is 0 Å². The predicted octanol–water partition coefficient (Wildman–Crippen LogP) is 3.51. The average Bonchev–Trinajstić information content (AvgIpc) is 3.10. The number of nitrogens with one attached hydrogen (secondary N) is 1. The molecule has 0 spiro atoms. The minimum Gasteiger partial charge on any atom is -0.460 e. The molecule has 1 aromatic carbocycles. The van der Waals surface area contributed by atoms with Gasteiger partial charge >= 0.3 is 0 Å². The van der Waals surface area contributed by atoms with Gasteiger partial charge in [-0.1, -0.05) is 30.3 Å². The third kappa shape index (κ3) is 3.40. The summed E-state index contributed by atoms with van der Waals surface area (Å²) >= 11 is 5.22.